The standard InChI is InChI=1S/C18H24N4O3S/c23-16(12-26-14-4-1-2-5-14)19-9-10-21-18(24)22(13-7-8-13)17(20-21)15-6-3-11-25-15/h3,6,11,13-14H,1-2,4-5,7-10,12H2,(H,19,23). The molecule has 4 rings (SSSR count). The molecule has 26 heavy (non-hydrogen) atoms. The lowest BCUT2D eigenvalue weighted by Crippen LogP contribution is -2.33. The Labute approximate surface area is 156 Å². The molecule has 2 saturated carbocycles. The number of rotatable bonds is 8. The van der Waals surface area contributed by atoms with Gasteiger partial charge in [0, 0.05) is 17.8 Å². The van der Waals surface area contributed by atoms with E-state index in [1.165, 1.54) is 30.4 Å². The zero-order valence-corrected chi connectivity index (χ0v) is 15.5. The molecule has 0 bridgehead atoms. The van der Waals surface area contributed by atoms with Gasteiger partial charge in [0.15, 0.2) is 5.76 Å². The van der Waals surface area contributed by atoms with E-state index in [1.807, 2.05) is 6.07 Å². The largest absolute Gasteiger partial charge is 0.461 e. The highest BCUT2D eigenvalue weighted by Crippen LogP contribution is 2.36. The third kappa shape index (κ3) is 3.90. The molecule has 1 amide bonds. The lowest BCUT2D eigenvalue weighted by Gasteiger charge is -2.08. The zero-order chi connectivity index (χ0) is 17.9. The summed E-state index contributed by atoms with van der Waals surface area (Å²) in [6.45, 7) is 0.773. The van der Waals surface area contributed by atoms with Crippen LogP contribution < -0.4 is 11.0 Å². The van der Waals surface area contributed by atoms with Crippen molar-refractivity contribution in [2.75, 3.05) is 12.3 Å². The van der Waals surface area contributed by atoms with Crippen LogP contribution in [0.15, 0.2) is 27.6 Å². The molecule has 0 atom stereocenters. The number of thioether (sulfide) groups is 1. The highest BCUT2D eigenvalue weighted by molar-refractivity contribution is 8.00. The quantitative estimate of drug-likeness (QED) is 0.765. The minimum atomic E-state index is -0.131. The molecule has 2 heterocycles. The number of aromatic nitrogens is 3. The van der Waals surface area contributed by atoms with Gasteiger partial charge in [-0.2, -0.15) is 0 Å². The van der Waals surface area contributed by atoms with Gasteiger partial charge >= 0.3 is 5.69 Å². The first kappa shape index (κ1) is 17.5. The number of hydrogen-bond acceptors (Lipinski definition) is 5. The predicted molar refractivity (Wildman–Crippen MR) is 100 cm³/mol. The predicted octanol–water partition coefficient (Wildman–Crippen LogP) is 2.43. The van der Waals surface area contributed by atoms with Gasteiger partial charge in [0.1, 0.15) is 0 Å². The Kier molecular flexibility index (Phi) is 5.19. The molecular weight excluding hydrogens is 352 g/mol. The van der Waals surface area contributed by atoms with Crippen LogP contribution in [0.5, 0.6) is 0 Å². The monoisotopic (exact) mass is 376 g/mol. The van der Waals surface area contributed by atoms with Crippen molar-refractivity contribution in [1.29, 1.82) is 0 Å². The first-order valence-electron chi connectivity index (χ1n) is 9.34. The molecule has 2 aromatic rings. The summed E-state index contributed by atoms with van der Waals surface area (Å²) in [6, 6.07) is 3.82. The first-order chi connectivity index (χ1) is 12.7. The summed E-state index contributed by atoms with van der Waals surface area (Å²) in [5.41, 5.74) is -0.131. The van der Waals surface area contributed by atoms with Crippen LogP contribution in [0.4, 0.5) is 0 Å². The van der Waals surface area contributed by atoms with E-state index in [0.29, 0.717) is 35.7 Å². The molecule has 2 aliphatic carbocycles. The number of amides is 1. The summed E-state index contributed by atoms with van der Waals surface area (Å²) in [5.74, 6) is 1.70. The maximum atomic E-state index is 12.6. The van der Waals surface area contributed by atoms with Gasteiger partial charge < -0.3 is 9.73 Å². The summed E-state index contributed by atoms with van der Waals surface area (Å²) < 4.78 is 8.57. The van der Waals surface area contributed by atoms with Gasteiger partial charge in [-0.25, -0.2) is 9.48 Å². The van der Waals surface area contributed by atoms with Crippen LogP contribution in [-0.4, -0.2) is 37.8 Å². The van der Waals surface area contributed by atoms with Gasteiger partial charge in [0.2, 0.25) is 11.7 Å². The van der Waals surface area contributed by atoms with Crippen LogP contribution in [0.1, 0.15) is 44.6 Å². The molecular formula is C18H24N4O3S. The van der Waals surface area contributed by atoms with Gasteiger partial charge in [0.05, 0.1) is 18.6 Å². The molecule has 8 heteroatoms. The fraction of sp³-hybridized carbons (Fsp3) is 0.611. The molecule has 0 unspecified atom stereocenters. The van der Waals surface area contributed by atoms with Gasteiger partial charge in [-0.15, -0.1) is 16.9 Å². The van der Waals surface area contributed by atoms with Crippen LogP contribution in [0.2, 0.25) is 0 Å². The fourth-order valence-corrected chi connectivity index (χ4v) is 4.56. The number of nitrogens with one attached hydrogen (secondary N) is 1. The summed E-state index contributed by atoms with van der Waals surface area (Å²) >= 11 is 1.75. The van der Waals surface area contributed by atoms with Crippen molar-refractivity contribution in [3.63, 3.8) is 0 Å². The van der Waals surface area contributed by atoms with Crippen molar-refractivity contribution in [2.24, 2.45) is 0 Å². The molecule has 2 aliphatic rings. The average molecular weight is 376 g/mol. The van der Waals surface area contributed by atoms with E-state index >= 15 is 0 Å². The smallest absolute Gasteiger partial charge is 0.346 e. The van der Waals surface area contributed by atoms with Gasteiger partial charge in [-0.1, -0.05) is 12.8 Å². The molecule has 0 radical (unpaired) electrons. The van der Waals surface area contributed by atoms with Crippen molar-refractivity contribution in [2.45, 2.75) is 56.4 Å². The summed E-state index contributed by atoms with van der Waals surface area (Å²) in [7, 11) is 0. The number of carbonyl (C=O) groups is 1. The van der Waals surface area contributed by atoms with Crippen molar-refractivity contribution in [3.8, 4) is 11.6 Å². The van der Waals surface area contributed by atoms with E-state index in [1.54, 1.807) is 28.7 Å². The fourth-order valence-electron chi connectivity index (χ4n) is 3.40. The molecule has 0 spiro atoms. The van der Waals surface area contributed by atoms with E-state index in [4.69, 9.17) is 4.42 Å². The summed E-state index contributed by atoms with van der Waals surface area (Å²) in [4.78, 5) is 24.6. The zero-order valence-electron chi connectivity index (χ0n) is 14.7. The Balaban J connectivity index is 1.34. The van der Waals surface area contributed by atoms with Crippen LogP contribution in [0.25, 0.3) is 11.6 Å². The number of hydrogen-bond donors (Lipinski definition) is 1. The van der Waals surface area contributed by atoms with Crippen LogP contribution >= 0.6 is 11.8 Å². The Bertz CT molecular complexity index is 801. The van der Waals surface area contributed by atoms with Crippen molar-refractivity contribution in [1.82, 2.24) is 19.7 Å². The van der Waals surface area contributed by atoms with Crippen LogP contribution in [0, 0.1) is 0 Å². The maximum Gasteiger partial charge on any atom is 0.346 e. The molecule has 0 saturated heterocycles. The average Bonchev–Trinajstić information content (AvgIpc) is 3.07. The van der Waals surface area contributed by atoms with Crippen LogP contribution in [0.3, 0.4) is 0 Å². The maximum absolute atomic E-state index is 12.6. The third-order valence-corrected chi connectivity index (χ3v) is 6.29. The summed E-state index contributed by atoms with van der Waals surface area (Å²) in [6.07, 6.45) is 8.58. The van der Waals surface area contributed by atoms with E-state index < -0.39 is 0 Å². The van der Waals surface area contributed by atoms with Crippen molar-refractivity contribution in [3.05, 3.63) is 28.9 Å². The van der Waals surface area contributed by atoms with Crippen molar-refractivity contribution >= 4 is 17.7 Å². The normalized spacial score (nSPS) is 17.7. The van der Waals surface area contributed by atoms with E-state index in [0.717, 1.165) is 12.8 Å². The number of nitrogens with zero attached hydrogens (tertiary/aromatic N) is 3. The topological polar surface area (TPSA) is 82.1 Å². The lowest BCUT2D eigenvalue weighted by atomic mass is 10.4. The molecule has 140 valence electrons. The minimum absolute atomic E-state index is 0.0304. The first-order valence-corrected chi connectivity index (χ1v) is 10.4. The SMILES string of the molecule is O=C(CSC1CCCC1)NCCn1nc(-c2ccco2)n(C2CC2)c1=O. The Hall–Kier alpha value is -1.96. The van der Waals surface area contributed by atoms with Gasteiger partial charge in [-0.05, 0) is 37.8 Å². The Morgan fingerprint density at radius 3 is 2.81 bits per heavy atom. The second kappa shape index (κ2) is 7.73. The van der Waals surface area contributed by atoms with E-state index in [9.17, 15) is 9.59 Å². The second-order valence-corrected chi connectivity index (χ2v) is 8.26. The highest BCUT2D eigenvalue weighted by atomic mass is 32.2. The molecule has 0 aliphatic heterocycles. The lowest BCUT2D eigenvalue weighted by molar-refractivity contribution is -0.118. The number of carbonyl (C=O) groups excluding carboxylic acids is 1. The highest BCUT2D eigenvalue weighted by Gasteiger charge is 2.31. The molecule has 1 N–H and O–H groups in total. The minimum Gasteiger partial charge on any atom is -0.461 e. The Morgan fingerprint density at radius 1 is 1.31 bits per heavy atom. The van der Waals surface area contributed by atoms with Gasteiger partial charge in [-0.3, -0.25) is 9.36 Å². The van der Waals surface area contributed by atoms with E-state index in [-0.39, 0.29) is 17.6 Å². The Morgan fingerprint density at radius 2 is 2.12 bits per heavy atom. The van der Waals surface area contributed by atoms with Crippen LogP contribution in [-0.2, 0) is 11.3 Å². The van der Waals surface area contributed by atoms with Crippen molar-refractivity contribution < 1.29 is 9.21 Å². The van der Waals surface area contributed by atoms with E-state index in [2.05, 4.69) is 10.4 Å². The molecule has 2 aromatic heterocycles. The molecule has 2 fully saturated rings. The molecule has 7 nitrogen and oxygen atoms in total. The number of furan rings is 1. The second-order valence-electron chi connectivity index (χ2n) is 6.98. The third-order valence-electron chi connectivity index (χ3n) is 4.92. The van der Waals surface area contributed by atoms with Gasteiger partial charge in [0.25, 0.3) is 0 Å². The molecule has 0 aromatic carbocycles. The summed E-state index contributed by atoms with van der Waals surface area (Å²) in [5, 5.41) is 7.97.